The van der Waals surface area contributed by atoms with Crippen molar-refractivity contribution < 1.29 is 18.7 Å². The molecule has 0 radical (unpaired) electrons. The summed E-state index contributed by atoms with van der Waals surface area (Å²) in [4.78, 5) is 23.9. The Morgan fingerprint density at radius 3 is 2.50 bits per heavy atom. The van der Waals surface area contributed by atoms with Crippen LogP contribution in [0.4, 0.5) is 11.7 Å². The van der Waals surface area contributed by atoms with Gasteiger partial charge in [0.1, 0.15) is 11.3 Å². The fraction of sp³-hybridized carbons (Fsp3) is 0.333. The number of anilines is 2. The lowest BCUT2D eigenvalue weighted by molar-refractivity contribution is 0.0524. The van der Waals surface area contributed by atoms with Crippen molar-refractivity contribution in [2.45, 2.75) is 27.7 Å². The average molecular weight is 303 g/mol. The molecule has 2 aromatic heterocycles. The molecule has 0 bridgehead atoms. The second-order valence-electron chi connectivity index (χ2n) is 4.70. The number of carbonyl (C=O) groups excluding carboxylic acids is 2. The number of carbonyl (C=O) groups is 2. The Bertz CT molecular complexity index is 704. The number of aromatic nitrogens is 2. The molecule has 7 heteroatoms. The number of nitrogens with one attached hydrogen (secondary N) is 1. The molecule has 2 rings (SSSR count). The molecular formula is C15H17N3O4. The number of aryl methyl sites for hydroxylation is 2. The Morgan fingerprint density at radius 2 is 1.95 bits per heavy atom. The fourth-order valence-electron chi connectivity index (χ4n) is 2.04. The number of rotatable bonds is 5. The van der Waals surface area contributed by atoms with E-state index in [0.29, 0.717) is 11.6 Å². The summed E-state index contributed by atoms with van der Waals surface area (Å²) in [5, 5.41) is 10.7. The average Bonchev–Trinajstić information content (AvgIpc) is 2.78. The van der Waals surface area contributed by atoms with Crippen molar-refractivity contribution in [3.63, 3.8) is 0 Å². The van der Waals surface area contributed by atoms with Crippen LogP contribution < -0.4 is 5.32 Å². The molecule has 0 aliphatic rings. The highest BCUT2D eigenvalue weighted by Crippen LogP contribution is 2.30. The van der Waals surface area contributed by atoms with Gasteiger partial charge in [-0.05, 0) is 39.8 Å². The summed E-state index contributed by atoms with van der Waals surface area (Å²) in [7, 11) is 0. The summed E-state index contributed by atoms with van der Waals surface area (Å²) in [6.07, 6.45) is 0. The maximum absolute atomic E-state index is 12.1. The van der Waals surface area contributed by atoms with Crippen molar-refractivity contribution in [1.82, 2.24) is 10.2 Å². The van der Waals surface area contributed by atoms with Gasteiger partial charge in [0, 0.05) is 0 Å². The van der Waals surface area contributed by atoms with Gasteiger partial charge in [-0.1, -0.05) is 0 Å². The van der Waals surface area contributed by atoms with Crippen LogP contribution in [-0.4, -0.2) is 28.6 Å². The SMILES string of the molecule is CCOC(=O)c1c(Nc2ccc(C)nn2)oc(C)c1C(C)=O. The van der Waals surface area contributed by atoms with Crippen molar-refractivity contribution in [3.05, 3.63) is 34.7 Å². The first-order chi connectivity index (χ1) is 10.4. The molecule has 0 aromatic carbocycles. The van der Waals surface area contributed by atoms with E-state index in [2.05, 4.69) is 15.5 Å². The minimum atomic E-state index is -0.618. The fourth-order valence-corrected chi connectivity index (χ4v) is 2.04. The Labute approximate surface area is 127 Å². The summed E-state index contributed by atoms with van der Waals surface area (Å²) >= 11 is 0. The predicted octanol–water partition coefficient (Wildman–Crippen LogP) is 2.81. The number of hydrogen-bond acceptors (Lipinski definition) is 7. The first-order valence-corrected chi connectivity index (χ1v) is 6.82. The summed E-state index contributed by atoms with van der Waals surface area (Å²) in [6, 6.07) is 3.46. The van der Waals surface area contributed by atoms with E-state index in [1.807, 2.05) is 6.92 Å². The van der Waals surface area contributed by atoms with Gasteiger partial charge in [-0.15, -0.1) is 5.10 Å². The van der Waals surface area contributed by atoms with Crippen molar-refractivity contribution in [3.8, 4) is 0 Å². The van der Waals surface area contributed by atoms with Crippen LogP contribution in [-0.2, 0) is 4.74 Å². The van der Waals surface area contributed by atoms with Crippen LogP contribution in [0.5, 0.6) is 0 Å². The largest absolute Gasteiger partial charge is 0.462 e. The van der Waals surface area contributed by atoms with Gasteiger partial charge < -0.3 is 14.5 Å². The maximum atomic E-state index is 12.1. The maximum Gasteiger partial charge on any atom is 0.344 e. The zero-order chi connectivity index (χ0) is 16.3. The molecule has 0 fully saturated rings. The molecule has 0 aliphatic heterocycles. The summed E-state index contributed by atoms with van der Waals surface area (Å²) in [6.45, 7) is 6.69. The van der Waals surface area contributed by atoms with Crippen molar-refractivity contribution in [1.29, 1.82) is 0 Å². The Balaban J connectivity index is 2.46. The molecule has 2 heterocycles. The molecule has 1 N–H and O–H groups in total. The second kappa shape index (κ2) is 6.38. The summed E-state index contributed by atoms with van der Waals surface area (Å²) in [5.41, 5.74) is 1.05. The van der Waals surface area contributed by atoms with Crippen molar-refractivity contribution in [2.24, 2.45) is 0 Å². The van der Waals surface area contributed by atoms with Crippen LogP contribution in [0.1, 0.15) is 46.0 Å². The van der Waals surface area contributed by atoms with Gasteiger partial charge >= 0.3 is 5.97 Å². The molecule has 0 aliphatic carbocycles. The van der Waals surface area contributed by atoms with Crippen molar-refractivity contribution >= 4 is 23.5 Å². The molecule has 7 nitrogen and oxygen atoms in total. The molecule has 0 saturated heterocycles. The molecule has 22 heavy (non-hydrogen) atoms. The molecule has 0 saturated carbocycles. The molecule has 116 valence electrons. The van der Waals surface area contributed by atoms with Gasteiger partial charge in [0.2, 0.25) is 5.88 Å². The number of furan rings is 1. The molecule has 0 unspecified atom stereocenters. The number of esters is 1. The number of ether oxygens (including phenoxy) is 1. The third kappa shape index (κ3) is 3.13. The number of nitrogens with zero attached hydrogens (tertiary/aromatic N) is 2. The van der Waals surface area contributed by atoms with Crippen LogP contribution in [0.15, 0.2) is 16.5 Å². The Morgan fingerprint density at radius 1 is 1.23 bits per heavy atom. The standard InChI is InChI=1S/C15H17N3O4/c1-5-21-15(20)13-12(9(3)19)10(4)22-14(13)16-11-7-6-8(2)17-18-11/h6-7H,5H2,1-4H3,(H,16,18). The quantitative estimate of drug-likeness (QED) is 0.670. The normalized spacial score (nSPS) is 10.4. The zero-order valence-corrected chi connectivity index (χ0v) is 12.9. The van der Waals surface area contributed by atoms with E-state index in [-0.39, 0.29) is 29.4 Å². The van der Waals surface area contributed by atoms with E-state index in [1.165, 1.54) is 6.92 Å². The first-order valence-electron chi connectivity index (χ1n) is 6.82. The smallest absolute Gasteiger partial charge is 0.344 e. The highest BCUT2D eigenvalue weighted by atomic mass is 16.5. The van der Waals surface area contributed by atoms with Gasteiger partial charge in [-0.25, -0.2) is 4.79 Å². The van der Waals surface area contributed by atoms with Gasteiger partial charge in [-0.2, -0.15) is 5.10 Å². The monoisotopic (exact) mass is 303 g/mol. The highest BCUT2D eigenvalue weighted by Gasteiger charge is 2.28. The summed E-state index contributed by atoms with van der Waals surface area (Å²) in [5.74, 6) is -0.0168. The molecule has 2 aromatic rings. The third-order valence-corrected chi connectivity index (χ3v) is 2.96. The van der Waals surface area contributed by atoms with E-state index < -0.39 is 5.97 Å². The van der Waals surface area contributed by atoms with Gasteiger partial charge in [0.15, 0.2) is 11.6 Å². The molecule has 0 atom stereocenters. The lowest BCUT2D eigenvalue weighted by Crippen LogP contribution is -2.11. The van der Waals surface area contributed by atoms with Gasteiger partial charge in [0.05, 0.1) is 17.9 Å². The van der Waals surface area contributed by atoms with Crippen LogP contribution >= 0.6 is 0 Å². The second-order valence-corrected chi connectivity index (χ2v) is 4.70. The number of Topliss-reactive ketones (excluding diaryl/α,β-unsaturated/α-hetero) is 1. The molecule has 0 amide bonds. The minimum absolute atomic E-state index is 0.0780. The van der Waals surface area contributed by atoms with Crippen LogP contribution in [0, 0.1) is 13.8 Å². The Kier molecular flexibility index (Phi) is 4.55. The predicted molar refractivity (Wildman–Crippen MR) is 79.5 cm³/mol. The van der Waals surface area contributed by atoms with Gasteiger partial charge in [0.25, 0.3) is 0 Å². The molecular weight excluding hydrogens is 286 g/mol. The topological polar surface area (TPSA) is 94.3 Å². The van der Waals surface area contributed by atoms with E-state index in [4.69, 9.17) is 9.15 Å². The van der Waals surface area contributed by atoms with Crippen LogP contribution in [0.3, 0.4) is 0 Å². The third-order valence-electron chi connectivity index (χ3n) is 2.96. The van der Waals surface area contributed by atoms with E-state index in [9.17, 15) is 9.59 Å². The van der Waals surface area contributed by atoms with E-state index >= 15 is 0 Å². The Hall–Kier alpha value is -2.70. The molecule has 0 spiro atoms. The highest BCUT2D eigenvalue weighted by molar-refractivity contribution is 6.09. The lowest BCUT2D eigenvalue weighted by atomic mass is 10.1. The minimum Gasteiger partial charge on any atom is -0.462 e. The van der Waals surface area contributed by atoms with Crippen LogP contribution in [0.25, 0.3) is 0 Å². The first kappa shape index (κ1) is 15.7. The van der Waals surface area contributed by atoms with Gasteiger partial charge in [-0.3, -0.25) is 4.79 Å². The van der Waals surface area contributed by atoms with Crippen molar-refractivity contribution in [2.75, 3.05) is 11.9 Å². The zero-order valence-electron chi connectivity index (χ0n) is 12.9. The van der Waals surface area contributed by atoms with E-state index in [0.717, 1.165) is 5.69 Å². The lowest BCUT2D eigenvalue weighted by Gasteiger charge is -2.06. The number of hydrogen-bond donors (Lipinski definition) is 1. The number of ketones is 1. The summed E-state index contributed by atoms with van der Waals surface area (Å²) < 4.78 is 10.5. The van der Waals surface area contributed by atoms with E-state index in [1.54, 1.807) is 26.0 Å². The van der Waals surface area contributed by atoms with Crippen LogP contribution in [0.2, 0.25) is 0 Å².